The van der Waals surface area contributed by atoms with Crippen LogP contribution in [-0.2, 0) is 0 Å². The summed E-state index contributed by atoms with van der Waals surface area (Å²) in [5, 5.41) is 5.50. The van der Waals surface area contributed by atoms with E-state index in [1.165, 1.54) is 20.2 Å². The Morgan fingerprint density at radius 2 is 0.512 bits per heavy atom. The first-order valence-electron chi connectivity index (χ1n) is 58.1. The maximum absolute atomic E-state index is 9.61. The van der Waals surface area contributed by atoms with Gasteiger partial charge in [0.2, 0.25) is 0 Å². The first-order chi connectivity index (χ1) is 76.8. The molecule has 0 unspecified atom stereocenters. The Bertz CT molecular complexity index is 11000. The average Bonchev–Trinajstić information content (AvgIpc) is 1.53. The number of rotatable bonds is 8. The monoisotopic (exact) mass is 1650 g/mol. The molecule has 3 heterocycles. The minimum absolute atomic E-state index is 0.0538. The second kappa shape index (κ2) is 30.1. The van der Waals surface area contributed by atoms with E-state index in [1.54, 1.807) is 22.7 Å². The third kappa shape index (κ3) is 12.2. The topological polar surface area (TPSA) is 0 Å². The van der Waals surface area contributed by atoms with E-state index in [-0.39, 0.29) is 112 Å². The Balaban J connectivity index is 0.000000127. The molecule has 572 valence electrons. The molecule has 123 heavy (non-hydrogen) atoms. The zero-order chi connectivity index (χ0) is 114. The van der Waals surface area contributed by atoms with Gasteiger partial charge in [-0.25, -0.2) is 0 Å². The summed E-state index contributed by atoms with van der Waals surface area (Å²) >= 11 is 4.13. The Labute approximate surface area is 777 Å². The van der Waals surface area contributed by atoms with Crippen LogP contribution < -0.4 is 0 Å². The summed E-state index contributed by atoms with van der Waals surface area (Å²) in [5.74, 6) is 0. The zero-order valence-electron chi connectivity index (χ0n) is 102. The Kier molecular flexibility index (Phi) is 10.6. The molecule has 23 aromatic carbocycles. The molecule has 0 aliphatic carbocycles. The molecule has 0 amide bonds. The molecule has 26 rings (SSSR count). The molecule has 0 nitrogen and oxygen atoms in total. The first kappa shape index (κ1) is 43.3. The van der Waals surface area contributed by atoms with Gasteiger partial charge < -0.3 is 0 Å². The van der Waals surface area contributed by atoms with Gasteiger partial charge in [0.25, 0.3) is 0 Å². The van der Waals surface area contributed by atoms with Gasteiger partial charge in [0.15, 0.2) is 0 Å². The average molecular weight is 1650 g/mol. The van der Waals surface area contributed by atoms with Crippen molar-refractivity contribution in [1.82, 2.24) is 0 Å². The second-order valence-corrected chi connectivity index (χ2v) is 32.5. The van der Waals surface area contributed by atoms with Gasteiger partial charge in [0, 0.05) is 60.5 Å². The molecule has 0 N–H and O–H groups in total. The molecule has 0 aliphatic heterocycles. The summed E-state index contributed by atoms with van der Waals surface area (Å²) in [5.41, 5.74) is 5.36. The number of hydrogen-bond acceptors (Lipinski definition) is 3. The van der Waals surface area contributed by atoms with Crippen LogP contribution in [0.4, 0.5) is 0 Å². The molecule has 0 bridgehead atoms. The van der Waals surface area contributed by atoms with Crippen molar-refractivity contribution in [2.24, 2.45) is 0 Å². The summed E-state index contributed by atoms with van der Waals surface area (Å²) < 4.78 is 344. The van der Waals surface area contributed by atoms with E-state index in [0.717, 1.165) is 75.3 Å². The maximum Gasteiger partial charge on any atom is 0.0638 e. The van der Waals surface area contributed by atoms with Crippen molar-refractivity contribution in [2.75, 3.05) is 0 Å². The summed E-state index contributed by atoms with van der Waals surface area (Å²) in [6.45, 7) is 0. The van der Waals surface area contributed by atoms with Gasteiger partial charge in [-0.05, 0) is 240 Å². The lowest BCUT2D eigenvalue weighted by molar-refractivity contribution is 1.64. The molecule has 26 aromatic rings. The maximum atomic E-state index is 9.61. The van der Waals surface area contributed by atoms with Crippen LogP contribution in [0.5, 0.6) is 0 Å². The van der Waals surface area contributed by atoms with E-state index >= 15 is 0 Å². The van der Waals surface area contributed by atoms with Crippen LogP contribution in [0.25, 0.3) is 246 Å². The van der Waals surface area contributed by atoms with Crippen molar-refractivity contribution in [2.45, 2.75) is 0 Å². The lowest BCUT2D eigenvalue weighted by Crippen LogP contribution is -1.92. The molecule has 0 fully saturated rings. The van der Waals surface area contributed by atoms with Gasteiger partial charge in [0.1, 0.15) is 0 Å². The van der Waals surface area contributed by atoms with Crippen LogP contribution in [0.2, 0.25) is 0 Å². The van der Waals surface area contributed by atoms with Gasteiger partial charge in [-0.1, -0.05) is 393 Å². The van der Waals surface area contributed by atoms with E-state index in [2.05, 4.69) is 36.4 Å². The normalized spacial score (nSPS) is 16.1. The Hall–Kier alpha value is -14.9. The highest BCUT2D eigenvalue weighted by molar-refractivity contribution is 7.26. The molecule has 0 saturated heterocycles. The Morgan fingerprint density at radius 1 is 0.146 bits per heavy atom. The van der Waals surface area contributed by atoms with E-state index in [0.29, 0.717) is 44.5 Å². The van der Waals surface area contributed by atoms with Crippen LogP contribution >= 0.6 is 34.0 Å². The summed E-state index contributed by atoms with van der Waals surface area (Å²) in [6, 6.07) is 48.5. The fraction of sp³-hybridized carbons (Fsp3) is 0. The number of hydrogen-bond donors (Lipinski definition) is 0. The zero-order valence-corrected chi connectivity index (χ0v) is 66.5. The van der Waals surface area contributed by atoms with Gasteiger partial charge in [-0.2, -0.15) is 0 Å². The SMILES string of the molecule is [2H]c1c([2H])c([2H])c2c(-c3ccc(-c4ccccc4)c4ccccc34)c3c([2H])c([2H])c([2H])c([2H])c3c(-c3ccc4sc5ccccc5c4c3)c2c1[2H].[2H]c1c([2H])c([2H])c2c(-c3cccc4ccccc34)c3c([2H])c([2H])c([2H])c([2H])c3c(-c3ccc(-c4ccc5sc6ccccc6c5c4)cc3)c2c1[2H].[2H]c1c([2H])c([2H])c2c(sc3c([2H])c([2H])c(-c4c5c([2H])c([2H])c([2H])c([2H])c5c(-c5c([2H])c([2H])c([2H])c6c([2H])c([2H])c([2H])c([2H])c56)c5c([2H])c([2H])c([2H])c([2H])c45)c([2H])c32)c1[2H]. The first-order valence-corrected chi connectivity index (χ1v) is 41.6. The molecule has 0 aliphatic rings. The van der Waals surface area contributed by atoms with Crippen molar-refractivity contribution in [3.63, 3.8) is 0 Å². The van der Waals surface area contributed by atoms with Crippen LogP contribution in [0.1, 0.15) is 52.1 Å². The lowest BCUT2D eigenvalue weighted by atomic mass is 9.83. The fourth-order valence-electron chi connectivity index (χ4n) is 17.4. The molecular formula is C120H74S3. The van der Waals surface area contributed by atoms with Gasteiger partial charge in [-0.3, -0.25) is 0 Å². The fourth-order valence-corrected chi connectivity index (χ4v) is 20.5. The standard InChI is InChI=1S/2C42H26S.C36H22S/c1-2-12-31-28(10-1)11-9-18-33(31)42-36-16-5-3-14-34(36)41(35-15-4-6-17-37(35)42)29-22-20-27(21-23-29)30-24-25-40-38(26-30)32-13-7-8-19-39(32)43-40;1-2-12-27(13-3-1)29-23-24-37(31-15-5-4-14-30(29)31)42-35-19-8-6-17-33(35)41(34-18-7-9-20-36(34)42)28-22-25-40-38(26-28)32-16-10-11-21-39(32)43-40;1-2-12-25-23(10-1)11-9-18-27(25)36-30-16-5-3-14-28(30)35(29-15-4-6-17-31(29)36)24-20-21-34-32(22-24)26-13-7-8-19-33(26)37-34/h2*1-26H;1-22H/i3D,4D,5D,6D,14D,15D,16D,17D;6D,7D,8D,9D,17D,18D,19D,20D;1D,2D,3D,4D,5D,6D,7D,8D,9D,10D,11D,12D,13D,14D,15D,16D,17D,18D,19D,20D,21D,22D. The van der Waals surface area contributed by atoms with E-state index in [4.69, 9.17) is 31.5 Å². The van der Waals surface area contributed by atoms with Crippen molar-refractivity contribution >= 4 is 191 Å². The second-order valence-electron chi connectivity index (χ2n) is 29.3. The minimum atomic E-state index is -0.899. The van der Waals surface area contributed by atoms with Gasteiger partial charge >= 0.3 is 0 Å². The van der Waals surface area contributed by atoms with Crippen molar-refractivity contribution in [1.29, 1.82) is 0 Å². The predicted molar refractivity (Wildman–Crippen MR) is 539 cm³/mol. The molecular weight excluding hydrogens is 1540 g/mol. The smallest absolute Gasteiger partial charge is 0.0638 e. The Morgan fingerprint density at radius 3 is 1.08 bits per heavy atom. The van der Waals surface area contributed by atoms with Crippen LogP contribution in [0.15, 0.2) is 448 Å². The van der Waals surface area contributed by atoms with Crippen LogP contribution in [-0.4, -0.2) is 0 Å². The van der Waals surface area contributed by atoms with Crippen LogP contribution in [0, 0.1) is 0 Å². The molecule has 3 heteroatoms. The number of benzene rings is 23. The summed E-state index contributed by atoms with van der Waals surface area (Å²) in [4.78, 5) is 0. The molecule has 0 spiro atoms. The summed E-state index contributed by atoms with van der Waals surface area (Å²) in [7, 11) is 0. The number of thiophene rings is 3. The largest absolute Gasteiger partial charge is 0.135 e. The van der Waals surface area contributed by atoms with Crippen molar-refractivity contribution in [3.05, 3.63) is 448 Å². The molecule has 0 saturated carbocycles. The van der Waals surface area contributed by atoms with Crippen molar-refractivity contribution in [3.8, 4) is 89.0 Å². The van der Waals surface area contributed by atoms with Gasteiger partial charge in [0.05, 0.1) is 52.1 Å². The molecule has 3 aromatic heterocycles. The molecule has 0 atom stereocenters. The highest BCUT2D eigenvalue weighted by Gasteiger charge is 2.24. The lowest BCUT2D eigenvalue weighted by Gasteiger charge is -2.19. The van der Waals surface area contributed by atoms with E-state index < -0.39 is 236 Å². The highest BCUT2D eigenvalue weighted by Crippen LogP contribution is 2.52. The van der Waals surface area contributed by atoms with Gasteiger partial charge in [-0.15, -0.1) is 34.0 Å². The van der Waals surface area contributed by atoms with E-state index in [1.807, 2.05) is 182 Å². The quantitative estimate of drug-likeness (QED) is 0.133. The van der Waals surface area contributed by atoms with Crippen LogP contribution in [0.3, 0.4) is 0 Å². The minimum Gasteiger partial charge on any atom is -0.135 e. The summed E-state index contributed by atoms with van der Waals surface area (Å²) in [6.07, 6.45) is 0. The third-order valence-electron chi connectivity index (χ3n) is 22.7. The predicted octanol–water partition coefficient (Wildman–Crippen LogP) is 35.9. The third-order valence-corrected chi connectivity index (χ3v) is 26.0. The molecule has 0 radical (unpaired) electrons. The highest BCUT2D eigenvalue weighted by atomic mass is 32.1. The number of fused-ring (bicyclic) bond motifs is 18. The van der Waals surface area contributed by atoms with E-state index in [9.17, 15) is 20.6 Å². The van der Waals surface area contributed by atoms with Crippen molar-refractivity contribution < 1.29 is 52.1 Å².